The van der Waals surface area contributed by atoms with Crippen LogP contribution in [0.3, 0.4) is 0 Å². The van der Waals surface area contributed by atoms with Crippen molar-refractivity contribution in [2.45, 2.75) is 6.54 Å². The topological polar surface area (TPSA) is 94.0 Å². The van der Waals surface area contributed by atoms with Crippen LogP contribution < -0.4 is 11.1 Å². The normalized spacial score (nSPS) is 10.8. The van der Waals surface area contributed by atoms with E-state index in [4.69, 9.17) is 33.4 Å². The molecule has 3 rings (SSSR count). The first-order valence-electron chi connectivity index (χ1n) is 6.27. The summed E-state index contributed by atoms with van der Waals surface area (Å²) in [5.41, 5.74) is 6.39. The van der Waals surface area contributed by atoms with E-state index >= 15 is 0 Å². The summed E-state index contributed by atoms with van der Waals surface area (Å²) in [6.07, 6.45) is 1.57. The largest absolute Gasteiger partial charge is 0.454 e. The van der Waals surface area contributed by atoms with Crippen molar-refractivity contribution in [3.8, 4) is 0 Å². The van der Waals surface area contributed by atoms with Gasteiger partial charge in [-0.2, -0.15) is 0 Å². The Morgan fingerprint density at radius 3 is 2.64 bits per heavy atom. The van der Waals surface area contributed by atoms with Crippen molar-refractivity contribution in [2.24, 2.45) is 5.73 Å². The van der Waals surface area contributed by atoms with Crippen LogP contribution in [0.15, 0.2) is 34.9 Å². The lowest BCUT2D eigenvalue weighted by Gasteiger charge is -2.05. The Hall–Kier alpha value is -2.31. The lowest BCUT2D eigenvalue weighted by molar-refractivity contribution is 0.0972. The second kappa shape index (κ2) is 5.82. The van der Waals surface area contributed by atoms with E-state index in [0.29, 0.717) is 39.2 Å². The molecule has 0 aliphatic rings. The first kappa shape index (κ1) is 14.6. The van der Waals surface area contributed by atoms with Gasteiger partial charge in [0.1, 0.15) is 11.6 Å². The molecule has 0 bridgehead atoms. The fraction of sp³-hybridized carbons (Fsp3) is 0.0714. The van der Waals surface area contributed by atoms with Crippen LogP contribution in [0.25, 0.3) is 11.0 Å². The van der Waals surface area contributed by atoms with Gasteiger partial charge in [0.2, 0.25) is 0 Å². The number of carbonyl (C=O) groups is 1. The number of anilines is 1. The predicted molar refractivity (Wildman–Crippen MR) is 84.1 cm³/mol. The Kier molecular flexibility index (Phi) is 3.87. The van der Waals surface area contributed by atoms with Crippen molar-refractivity contribution in [3.63, 3.8) is 0 Å². The Morgan fingerprint density at radius 1 is 1.23 bits per heavy atom. The van der Waals surface area contributed by atoms with Crippen LogP contribution >= 0.6 is 23.2 Å². The van der Waals surface area contributed by atoms with Crippen LogP contribution in [-0.4, -0.2) is 15.9 Å². The summed E-state index contributed by atoms with van der Waals surface area (Å²) in [6, 6.07) is 6.49. The summed E-state index contributed by atoms with van der Waals surface area (Å²) in [7, 11) is 0. The number of hydrogen-bond donors (Lipinski definition) is 2. The number of nitrogens with zero attached hydrogens (tertiary/aromatic N) is 2. The van der Waals surface area contributed by atoms with Crippen molar-refractivity contribution in [1.29, 1.82) is 0 Å². The maximum Gasteiger partial charge on any atom is 0.284 e. The van der Waals surface area contributed by atoms with E-state index in [1.165, 1.54) is 6.07 Å². The number of hydrogen-bond acceptors (Lipinski definition) is 5. The van der Waals surface area contributed by atoms with E-state index in [0.717, 1.165) is 0 Å². The zero-order valence-corrected chi connectivity index (χ0v) is 12.6. The fourth-order valence-corrected chi connectivity index (χ4v) is 2.19. The lowest BCUT2D eigenvalue weighted by Crippen LogP contribution is -2.09. The second-order valence-corrected chi connectivity index (χ2v) is 5.31. The van der Waals surface area contributed by atoms with Crippen molar-refractivity contribution >= 4 is 46.0 Å². The molecule has 0 unspecified atom stereocenters. The summed E-state index contributed by atoms with van der Waals surface area (Å²) in [6.45, 7) is 0.342. The molecule has 0 saturated carbocycles. The highest BCUT2D eigenvalue weighted by molar-refractivity contribution is 6.42. The van der Waals surface area contributed by atoms with Gasteiger partial charge < -0.3 is 15.5 Å². The van der Waals surface area contributed by atoms with Gasteiger partial charge in [-0.05, 0) is 24.3 Å². The van der Waals surface area contributed by atoms with Gasteiger partial charge in [-0.25, -0.2) is 4.98 Å². The molecule has 0 aliphatic heterocycles. The number of fused-ring (bicyclic) bond motifs is 1. The van der Waals surface area contributed by atoms with Crippen LogP contribution in [0.2, 0.25) is 10.0 Å². The van der Waals surface area contributed by atoms with Gasteiger partial charge in [0, 0.05) is 0 Å². The standard InChI is InChI=1S/C14H10Cl2N4O2/c15-8-3-10-11(4-9(8)16)20-13(6-18-10)19-5-7-1-2-12(22-7)14(17)21/h1-4,6H,5H2,(H2,17,21)(H,19,20). The molecule has 3 aromatic rings. The third kappa shape index (κ3) is 2.98. The summed E-state index contributed by atoms with van der Waals surface area (Å²) in [5, 5.41) is 3.89. The molecule has 2 heterocycles. The third-order valence-corrected chi connectivity index (χ3v) is 3.65. The highest BCUT2D eigenvalue weighted by Gasteiger charge is 2.08. The van der Waals surface area contributed by atoms with Crippen molar-refractivity contribution < 1.29 is 9.21 Å². The molecular formula is C14H10Cl2N4O2. The molecule has 0 aliphatic carbocycles. The van der Waals surface area contributed by atoms with Crippen molar-refractivity contribution in [2.75, 3.05) is 5.32 Å². The minimum atomic E-state index is -0.608. The number of nitrogens with one attached hydrogen (secondary N) is 1. The van der Waals surface area contributed by atoms with Gasteiger partial charge >= 0.3 is 0 Å². The van der Waals surface area contributed by atoms with Crippen molar-refractivity contribution in [1.82, 2.24) is 9.97 Å². The zero-order valence-electron chi connectivity index (χ0n) is 11.1. The average molecular weight is 337 g/mol. The molecule has 8 heteroatoms. The predicted octanol–water partition coefficient (Wildman–Crippen LogP) is 3.24. The van der Waals surface area contributed by atoms with Crippen LogP contribution in [0.1, 0.15) is 16.3 Å². The maximum absolute atomic E-state index is 11.0. The van der Waals surface area contributed by atoms with E-state index < -0.39 is 5.91 Å². The van der Waals surface area contributed by atoms with Gasteiger partial charge in [-0.1, -0.05) is 23.2 Å². The number of furan rings is 1. The highest BCUT2D eigenvalue weighted by Crippen LogP contribution is 2.26. The smallest absolute Gasteiger partial charge is 0.284 e. The molecule has 0 atom stereocenters. The molecule has 0 fully saturated rings. The molecule has 1 amide bonds. The Labute approximate surface area is 135 Å². The quantitative estimate of drug-likeness (QED) is 0.762. The fourth-order valence-electron chi connectivity index (χ4n) is 1.88. The van der Waals surface area contributed by atoms with Crippen LogP contribution in [-0.2, 0) is 6.54 Å². The highest BCUT2D eigenvalue weighted by atomic mass is 35.5. The van der Waals surface area contributed by atoms with E-state index in [2.05, 4.69) is 15.3 Å². The lowest BCUT2D eigenvalue weighted by atomic mass is 10.3. The number of rotatable bonds is 4. The molecule has 112 valence electrons. The number of aromatic nitrogens is 2. The Bertz CT molecular complexity index is 863. The van der Waals surface area contributed by atoms with E-state index in [9.17, 15) is 4.79 Å². The number of nitrogens with two attached hydrogens (primary N) is 1. The number of benzene rings is 1. The van der Waals surface area contributed by atoms with Crippen LogP contribution in [0.5, 0.6) is 0 Å². The molecule has 2 aromatic heterocycles. The van der Waals surface area contributed by atoms with E-state index in [1.807, 2.05) is 0 Å². The molecule has 6 nitrogen and oxygen atoms in total. The first-order valence-corrected chi connectivity index (χ1v) is 7.03. The van der Waals surface area contributed by atoms with Crippen molar-refractivity contribution in [3.05, 3.63) is 52.0 Å². The van der Waals surface area contributed by atoms with Gasteiger partial charge in [0.15, 0.2) is 5.76 Å². The molecule has 3 N–H and O–H groups in total. The monoisotopic (exact) mass is 336 g/mol. The summed E-state index contributed by atoms with van der Waals surface area (Å²) in [5.74, 6) is 0.610. The SMILES string of the molecule is NC(=O)c1ccc(CNc2cnc3cc(Cl)c(Cl)cc3n2)o1. The van der Waals surface area contributed by atoms with Crippen LogP contribution in [0, 0.1) is 0 Å². The number of carbonyl (C=O) groups excluding carboxylic acids is 1. The number of amides is 1. The summed E-state index contributed by atoms with van der Waals surface area (Å²) >= 11 is 11.9. The molecule has 0 spiro atoms. The molecule has 0 radical (unpaired) electrons. The minimum Gasteiger partial charge on any atom is -0.454 e. The zero-order chi connectivity index (χ0) is 15.7. The summed E-state index contributed by atoms with van der Waals surface area (Å²) in [4.78, 5) is 19.6. The molecular weight excluding hydrogens is 327 g/mol. The molecule has 22 heavy (non-hydrogen) atoms. The molecule has 1 aromatic carbocycles. The number of primary amides is 1. The first-order chi connectivity index (χ1) is 10.5. The van der Waals surface area contributed by atoms with Gasteiger partial charge in [-0.15, -0.1) is 0 Å². The van der Waals surface area contributed by atoms with Gasteiger partial charge in [-0.3, -0.25) is 9.78 Å². The Balaban J connectivity index is 1.78. The average Bonchev–Trinajstić information content (AvgIpc) is 2.95. The third-order valence-electron chi connectivity index (χ3n) is 2.93. The second-order valence-electron chi connectivity index (χ2n) is 4.49. The van der Waals surface area contributed by atoms with Gasteiger partial charge in [0.05, 0.1) is 33.8 Å². The number of halogens is 2. The van der Waals surface area contributed by atoms with E-state index in [-0.39, 0.29) is 5.76 Å². The maximum atomic E-state index is 11.0. The van der Waals surface area contributed by atoms with Crippen LogP contribution in [0.4, 0.5) is 5.82 Å². The minimum absolute atomic E-state index is 0.114. The summed E-state index contributed by atoms with van der Waals surface area (Å²) < 4.78 is 5.27. The van der Waals surface area contributed by atoms with Gasteiger partial charge in [0.25, 0.3) is 5.91 Å². The molecule has 0 saturated heterocycles. The Morgan fingerprint density at radius 2 is 1.95 bits per heavy atom. The van der Waals surface area contributed by atoms with E-state index in [1.54, 1.807) is 24.4 Å².